The van der Waals surface area contributed by atoms with Crippen LogP contribution in [0.1, 0.15) is 39.7 Å². The van der Waals surface area contributed by atoms with Crippen LogP contribution in [0.25, 0.3) is 0 Å². The summed E-state index contributed by atoms with van der Waals surface area (Å²) < 4.78 is 32.3. The largest absolute Gasteiger partial charge is 0.461 e. The van der Waals surface area contributed by atoms with Crippen LogP contribution in [0.15, 0.2) is 30.3 Å². The van der Waals surface area contributed by atoms with Crippen LogP contribution < -0.4 is 0 Å². The third-order valence-electron chi connectivity index (χ3n) is 4.46. The molecule has 1 fully saturated rings. The second-order valence-electron chi connectivity index (χ2n) is 7.20. The molecule has 10 nitrogen and oxygen atoms in total. The van der Waals surface area contributed by atoms with Gasteiger partial charge in [-0.1, -0.05) is 30.3 Å². The van der Waals surface area contributed by atoms with Crippen molar-refractivity contribution in [2.45, 2.75) is 71.4 Å². The first-order valence-corrected chi connectivity index (χ1v) is 10.2. The molecule has 10 heteroatoms. The molecule has 2 rings (SSSR count). The van der Waals surface area contributed by atoms with E-state index in [9.17, 15) is 19.2 Å². The lowest BCUT2D eigenvalue weighted by molar-refractivity contribution is -0.300. The van der Waals surface area contributed by atoms with Gasteiger partial charge in [-0.3, -0.25) is 19.2 Å². The van der Waals surface area contributed by atoms with Gasteiger partial charge in [-0.05, 0) is 12.5 Å². The lowest BCUT2D eigenvalue weighted by atomic mass is 9.99. The average molecular weight is 452 g/mol. The molecular weight excluding hydrogens is 424 g/mol. The molecule has 0 spiro atoms. The SMILES string of the molecule is CC(=O)OC1[C@H](OCCC(=O)OCc2ccccc2)OC(C)[C@H](OC(C)=O)[C@@H]1OC(C)=O. The van der Waals surface area contributed by atoms with Crippen molar-refractivity contribution in [1.82, 2.24) is 0 Å². The fourth-order valence-electron chi connectivity index (χ4n) is 3.17. The Morgan fingerprint density at radius 1 is 0.844 bits per heavy atom. The molecule has 1 aromatic rings. The maximum atomic E-state index is 12.0. The molecule has 176 valence electrons. The molecule has 1 aromatic carbocycles. The molecule has 5 atom stereocenters. The van der Waals surface area contributed by atoms with Gasteiger partial charge in [0, 0.05) is 20.8 Å². The fourth-order valence-corrected chi connectivity index (χ4v) is 3.17. The maximum absolute atomic E-state index is 12.0. The molecule has 1 heterocycles. The number of hydrogen-bond acceptors (Lipinski definition) is 10. The lowest BCUT2D eigenvalue weighted by Crippen LogP contribution is -2.61. The monoisotopic (exact) mass is 452 g/mol. The summed E-state index contributed by atoms with van der Waals surface area (Å²) in [5.41, 5.74) is 0.849. The molecule has 0 bridgehead atoms. The van der Waals surface area contributed by atoms with Gasteiger partial charge in [0.15, 0.2) is 24.6 Å². The van der Waals surface area contributed by atoms with Crippen molar-refractivity contribution in [3.8, 4) is 0 Å². The Hall–Kier alpha value is -2.98. The number of ether oxygens (including phenoxy) is 6. The van der Waals surface area contributed by atoms with Crippen LogP contribution >= 0.6 is 0 Å². The summed E-state index contributed by atoms with van der Waals surface area (Å²) in [7, 11) is 0. The van der Waals surface area contributed by atoms with Crippen LogP contribution in [0.5, 0.6) is 0 Å². The van der Waals surface area contributed by atoms with Crippen molar-refractivity contribution < 1.29 is 47.6 Å². The van der Waals surface area contributed by atoms with Gasteiger partial charge in [0.05, 0.1) is 19.1 Å². The predicted molar refractivity (Wildman–Crippen MR) is 108 cm³/mol. The van der Waals surface area contributed by atoms with Crippen molar-refractivity contribution >= 4 is 23.9 Å². The highest BCUT2D eigenvalue weighted by Crippen LogP contribution is 2.29. The van der Waals surface area contributed by atoms with Gasteiger partial charge in [0.1, 0.15) is 6.61 Å². The molecule has 1 saturated heterocycles. The summed E-state index contributed by atoms with van der Waals surface area (Å²) >= 11 is 0. The highest BCUT2D eigenvalue weighted by molar-refractivity contribution is 5.69. The summed E-state index contributed by atoms with van der Waals surface area (Å²) in [6, 6.07) is 9.20. The molecule has 1 aliphatic heterocycles. The molecule has 32 heavy (non-hydrogen) atoms. The number of carbonyl (C=O) groups is 4. The van der Waals surface area contributed by atoms with E-state index in [1.54, 1.807) is 6.92 Å². The van der Waals surface area contributed by atoms with Crippen molar-refractivity contribution in [2.75, 3.05) is 6.61 Å². The molecule has 0 aliphatic carbocycles. The Balaban J connectivity index is 2.00. The van der Waals surface area contributed by atoms with Gasteiger partial charge in [0.25, 0.3) is 0 Å². The van der Waals surface area contributed by atoms with E-state index in [0.717, 1.165) is 5.56 Å². The van der Waals surface area contributed by atoms with E-state index in [-0.39, 0.29) is 19.6 Å². The minimum absolute atomic E-state index is 0.0839. The Labute approximate surface area is 186 Å². The van der Waals surface area contributed by atoms with Crippen LogP contribution in [-0.4, -0.2) is 61.2 Å². The van der Waals surface area contributed by atoms with Gasteiger partial charge in [-0.25, -0.2) is 0 Å². The standard InChI is InChI=1S/C22H28O10/c1-13-19(30-14(2)23)20(31-15(3)24)21(32-16(4)25)22(29-13)27-11-10-18(26)28-12-17-8-6-5-7-9-17/h5-9,13,19-22H,10-12H2,1-4H3/t13?,19-,20-,21?,22+/m0/s1. The van der Waals surface area contributed by atoms with Crippen LogP contribution in [0.2, 0.25) is 0 Å². The molecule has 2 unspecified atom stereocenters. The average Bonchev–Trinajstić information content (AvgIpc) is 2.71. The summed E-state index contributed by atoms with van der Waals surface area (Å²) in [5.74, 6) is -2.45. The third-order valence-corrected chi connectivity index (χ3v) is 4.46. The topological polar surface area (TPSA) is 124 Å². The number of benzene rings is 1. The van der Waals surface area contributed by atoms with E-state index in [1.807, 2.05) is 30.3 Å². The van der Waals surface area contributed by atoms with Crippen molar-refractivity contribution in [2.24, 2.45) is 0 Å². The molecular formula is C22H28O10. The number of carbonyl (C=O) groups excluding carboxylic acids is 4. The minimum atomic E-state index is -1.21. The van der Waals surface area contributed by atoms with E-state index in [0.29, 0.717) is 0 Å². The highest BCUT2D eigenvalue weighted by Gasteiger charge is 2.50. The molecule has 0 amide bonds. The number of hydrogen-bond donors (Lipinski definition) is 0. The van der Waals surface area contributed by atoms with E-state index < -0.39 is 54.6 Å². The number of esters is 4. The third kappa shape index (κ3) is 7.93. The summed E-state index contributed by atoms with van der Waals surface area (Å²) in [4.78, 5) is 46.8. The van der Waals surface area contributed by atoms with Gasteiger partial charge in [-0.15, -0.1) is 0 Å². The van der Waals surface area contributed by atoms with E-state index in [1.165, 1.54) is 20.8 Å². The molecule has 0 radical (unpaired) electrons. The zero-order valence-electron chi connectivity index (χ0n) is 18.5. The van der Waals surface area contributed by atoms with Crippen LogP contribution in [0.3, 0.4) is 0 Å². The Kier molecular flexibility index (Phi) is 9.61. The zero-order valence-corrected chi connectivity index (χ0v) is 18.5. The minimum Gasteiger partial charge on any atom is -0.461 e. The fraction of sp³-hybridized carbons (Fsp3) is 0.545. The Morgan fingerprint density at radius 2 is 1.41 bits per heavy atom. The van der Waals surface area contributed by atoms with Crippen molar-refractivity contribution in [3.05, 3.63) is 35.9 Å². The molecule has 1 aliphatic rings. The Morgan fingerprint density at radius 3 is 2.00 bits per heavy atom. The van der Waals surface area contributed by atoms with Gasteiger partial charge in [-0.2, -0.15) is 0 Å². The van der Waals surface area contributed by atoms with Gasteiger partial charge >= 0.3 is 23.9 Å². The first-order valence-electron chi connectivity index (χ1n) is 10.2. The zero-order chi connectivity index (χ0) is 23.7. The van der Waals surface area contributed by atoms with E-state index >= 15 is 0 Å². The maximum Gasteiger partial charge on any atom is 0.308 e. The second kappa shape index (κ2) is 12.2. The first-order chi connectivity index (χ1) is 15.2. The van der Waals surface area contributed by atoms with Crippen molar-refractivity contribution in [3.63, 3.8) is 0 Å². The summed E-state index contributed by atoms with van der Waals surface area (Å²) in [6.45, 7) is 5.16. The normalized spacial score (nSPS) is 24.8. The van der Waals surface area contributed by atoms with Gasteiger partial charge in [0.2, 0.25) is 0 Å². The molecule has 0 aromatic heterocycles. The van der Waals surface area contributed by atoms with Gasteiger partial charge < -0.3 is 28.4 Å². The predicted octanol–water partition coefficient (Wildman–Crippen LogP) is 1.68. The summed E-state index contributed by atoms with van der Waals surface area (Å²) in [5, 5.41) is 0. The molecule has 0 N–H and O–H groups in total. The van der Waals surface area contributed by atoms with E-state index in [2.05, 4.69) is 0 Å². The van der Waals surface area contributed by atoms with Crippen LogP contribution in [0, 0.1) is 0 Å². The highest BCUT2D eigenvalue weighted by atomic mass is 16.7. The van der Waals surface area contributed by atoms with Crippen molar-refractivity contribution in [1.29, 1.82) is 0 Å². The number of rotatable bonds is 9. The lowest BCUT2D eigenvalue weighted by Gasteiger charge is -2.43. The molecule has 0 saturated carbocycles. The van der Waals surface area contributed by atoms with Crippen LogP contribution in [-0.2, 0) is 54.2 Å². The quantitative estimate of drug-likeness (QED) is 0.404. The smallest absolute Gasteiger partial charge is 0.308 e. The van der Waals surface area contributed by atoms with E-state index in [4.69, 9.17) is 28.4 Å². The summed E-state index contributed by atoms with van der Waals surface area (Å²) in [6.07, 6.45) is -5.37. The van der Waals surface area contributed by atoms with Crippen LogP contribution in [0.4, 0.5) is 0 Å². The first kappa shape index (κ1) is 25.3. The Bertz CT molecular complexity index is 793. The second-order valence-corrected chi connectivity index (χ2v) is 7.20.